The molecule has 0 spiro atoms. The van der Waals surface area contributed by atoms with E-state index in [4.69, 9.17) is 9.15 Å². The lowest BCUT2D eigenvalue weighted by atomic mass is 10.2. The Kier molecular flexibility index (Phi) is 4.27. The summed E-state index contributed by atoms with van der Waals surface area (Å²) in [5.74, 6) is 0.814. The van der Waals surface area contributed by atoms with E-state index in [0.717, 1.165) is 29.7 Å². The Hall–Kier alpha value is -1.78. The van der Waals surface area contributed by atoms with Crippen molar-refractivity contribution in [3.63, 3.8) is 0 Å². The molecule has 2 heterocycles. The summed E-state index contributed by atoms with van der Waals surface area (Å²) in [4.78, 5) is 3.43. The standard InChI is InChI=1S/C17H19NO2S/c1-18(2)10-8-14(16-7-4-12-21-16)20-15-6-3-5-13-9-11-19-17(13)15/h3-7,9,11-12,14H,8,10H2,1-2H3/t14-/m1/s1. The van der Waals surface area contributed by atoms with Crippen molar-refractivity contribution in [2.24, 2.45) is 0 Å². The summed E-state index contributed by atoms with van der Waals surface area (Å²) in [5, 5.41) is 3.17. The molecule has 21 heavy (non-hydrogen) atoms. The fraction of sp³-hybridized carbons (Fsp3) is 0.294. The normalized spacial score (nSPS) is 12.9. The van der Waals surface area contributed by atoms with Gasteiger partial charge in [-0.2, -0.15) is 0 Å². The predicted molar refractivity (Wildman–Crippen MR) is 87.1 cm³/mol. The topological polar surface area (TPSA) is 25.6 Å². The summed E-state index contributed by atoms with van der Waals surface area (Å²) in [6, 6.07) is 12.2. The van der Waals surface area contributed by atoms with Crippen LogP contribution in [0.4, 0.5) is 0 Å². The lowest BCUT2D eigenvalue weighted by molar-refractivity contribution is 0.183. The van der Waals surface area contributed by atoms with Gasteiger partial charge in [0.1, 0.15) is 6.10 Å². The molecule has 0 fully saturated rings. The minimum atomic E-state index is 0.0584. The third-order valence-corrected chi connectivity index (χ3v) is 4.38. The van der Waals surface area contributed by atoms with Crippen molar-refractivity contribution in [3.05, 3.63) is 52.9 Å². The maximum atomic E-state index is 6.27. The molecular weight excluding hydrogens is 282 g/mol. The van der Waals surface area contributed by atoms with E-state index in [1.807, 2.05) is 24.3 Å². The first-order valence-electron chi connectivity index (χ1n) is 7.05. The van der Waals surface area contributed by atoms with E-state index in [9.17, 15) is 0 Å². The minimum Gasteiger partial charge on any atom is -0.481 e. The van der Waals surface area contributed by atoms with Gasteiger partial charge in [-0.15, -0.1) is 11.3 Å². The minimum absolute atomic E-state index is 0.0584. The molecule has 0 aliphatic carbocycles. The second kappa shape index (κ2) is 6.33. The highest BCUT2D eigenvalue weighted by atomic mass is 32.1. The SMILES string of the molecule is CN(C)CC[C@@H](Oc1cccc2ccoc12)c1cccs1. The number of rotatable bonds is 6. The molecule has 4 heteroatoms. The molecule has 0 N–H and O–H groups in total. The number of hydrogen-bond acceptors (Lipinski definition) is 4. The first-order valence-corrected chi connectivity index (χ1v) is 7.93. The molecule has 2 aromatic heterocycles. The Balaban J connectivity index is 1.85. The molecule has 0 radical (unpaired) electrons. The quantitative estimate of drug-likeness (QED) is 0.667. The van der Waals surface area contributed by atoms with Gasteiger partial charge in [-0.25, -0.2) is 0 Å². The molecule has 0 saturated carbocycles. The van der Waals surface area contributed by atoms with Crippen LogP contribution in [0, 0.1) is 0 Å². The van der Waals surface area contributed by atoms with E-state index >= 15 is 0 Å². The van der Waals surface area contributed by atoms with Crippen LogP contribution in [0.1, 0.15) is 17.4 Å². The summed E-state index contributed by atoms with van der Waals surface area (Å²) < 4.78 is 11.8. The molecule has 0 aliphatic heterocycles. The van der Waals surface area contributed by atoms with Gasteiger partial charge in [0.15, 0.2) is 11.3 Å². The van der Waals surface area contributed by atoms with Crippen LogP contribution in [0.2, 0.25) is 0 Å². The fourth-order valence-corrected chi connectivity index (χ4v) is 3.11. The van der Waals surface area contributed by atoms with Crippen LogP contribution in [-0.2, 0) is 0 Å². The maximum Gasteiger partial charge on any atom is 0.175 e. The van der Waals surface area contributed by atoms with Crippen LogP contribution in [-0.4, -0.2) is 25.5 Å². The average Bonchev–Trinajstić information content (AvgIpc) is 3.13. The van der Waals surface area contributed by atoms with Gasteiger partial charge in [0.2, 0.25) is 0 Å². The van der Waals surface area contributed by atoms with E-state index in [-0.39, 0.29) is 6.10 Å². The molecular formula is C17H19NO2S. The predicted octanol–water partition coefficient (Wildman–Crippen LogP) is 4.57. The Morgan fingerprint density at radius 1 is 1.19 bits per heavy atom. The Morgan fingerprint density at radius 2 is 2.10 bits per heavy atom. The number of ether oxygens (including phenoxy) is 1. The zero-order valence-electron chi connectivity index (χ0n) is 12.3. The average molecular weight is 301 g/mol. The summed E-state index contributed by atoms with van der Waals surface area (Å²) in [6.07, 6.45) is 2.71. The Morgan fingerprint density at radius 3 is 2.86 bits per heavy atom. The summed E-state index contributed by atoms with van der Waals surface area (Å²) in [5.41, 5.74) is 0.823. The number of nitrogens with zero attached hydrogens (tertiary/aromatic N) is 1. The highest BCUT2D eigenvalue weighted by Crippen LogP contribution is 2.33. The molecule has 3 nitrogen and oxygen atoms in total. The first-order chi connectivity index (χ1) is 10.2. The van der Waals surface area contributed by atoms with Crippen molar-refractivity contribution < 1.29 is 9.15 Å². The van der Waals surface area contributed by atoms with Gasteiger partial charge in [0.05, 0.1) is 6.26 Å². The van der Waals surface area contributed by atoms with Crippen molar-refractivity contribution in [1.82, 2.24) is 4.90 Å². The van der Waals surface area contributed by atoms with Crippen LogP contribution < -0.4 is 4.74 Å². The zero-order valence-corrected chi connectivity index (χ0v) is 13.1. The number of thiophene rings is 1. The molecule has 0 saturated heterocycles. The number of benzene rings is 1. The Labute approximate surface area is 128 Å². The highest BCUT2D eigenvalue weighted by Gasteiger charge is 2.17. The van der Waals surface area contributed by atoms with Crippen LogP contribution in [0.25, 0.3) is 11.0 Å². The van der Waals surface area contributed by atoms with Gasteiger partial charge in [0.25, 0.3) is 0 Å². The van der Waals surface area contributed by atoms with E-state index in [2.05, 4.69) is 36.5 Å². The van der Waals surface area contributed by atoms with Crippen LogP contribution in [0.3, 0.4) is 0 Å². The first kappa shape index (κ1) is 14.2. The molecule has 3 aromatic rings. The van der Waals surface area contributed by atoms with E-state index in [1.165, 1.54) is 4.88 Å². The number of furan rings is 1. The second-order valence-corrected chi connectivity index (χ2v) is 6.29. The van der Waals surface area contributed by atoms with Crippen LogP contribution in [0.15, 0.2) is 52.5 Å². The van der Waals surface area contributed by atoms with Crippen LogP contribution in [0.5, 0.6) is 5.75 Å². The third kappa shape index (κ3) is 3.28. The smallest absolute Gasteiger partial charge is 0.175 e. The molecule has 110 valence electrons. The fourth-order valence-electron chi connectivity index (χ4n) is 2.32. The largest absolute Gasteiger partial charge is 0.481 e. The van der Waals surface area contributed by atoms with Crippen molar-refractivity contribution in [2.75, 3.05) is 20.6 Å². The Bertz CT molecular complexity index is 688. The number of para-hydroxylation sites is 1. The molecule has 3 rings (SSSR count). The van der Waals surface area contributed by atoms with Crippen molar-refractivity contribution in [3.8, 4) is 5.75 Å². The zero-order chi connectivity index (χ0) is 14.7. The van der Waals surface area contributed by atoms with E-state index < -0.39 is 0 Å². The summed E-state index contributed by atoms with van der Waals surface area (Å²) in [6.45, 7) is 0.983. The monoisotopic (exact) mass is 301 g/mol. The molecule has 0 bridgehead atoms. The van der Waals surface area contributed by atoms with Gasteiger partial charge < -0.3 is 14.1 Å². The summed E-state index contributed by atoms with van der Waals surface area (Å²) in [7, 11) is 4.16. The van der Waals surface area contributed by atoms with E-state index in [0.29, 0.717) is 0 Å². The van der Waals surface area contributed by atoms with Crippen molar-refractivity contribution in [2.45, 2.75) is 12.5 Å². The molecule has 0 amide bonds. The second-order valence-electron chi connectivity index (χ2n) is 5.31. The molecule has 1 atom stereocenters. The van der Waals surface area contributed by atoms with Gasteiger partial charge in [-0.3, -0.25) is 0 Å². The number of hydrogen-bond donors (Lipinski definition) is 0. The van der Waals surface area contributed by atoms with Gasteiger partial charge in [0, 0.05) is 23.2 Å². The molecule has 0 aliphatic rings. The van der Waals surface area contributed by atoms with Gasteiger partial charge in [-0.05, 0) is 37.7 Å². The van der Waals surface area contributed by atoms with Crippen LogP contribution >= 0.6 is 11.3 Å². The lowest BCUT2D eigenvalue weighted by Gasteiger charge is -2.20. The number of fused-ring (bicyclic) bond motifs is 1. The summed E-state index contributed by atoms with van der Waals surface area (Å²) >= 11 is 1.74. The molecule has 0 unspecified atom stereocenters. The van der Waals surface area contributed by atoms with Gasteiger partial charge >= 0.3 is 0 Å². The van der Waals surface area contributed by atoms with Crippen molar-refractivity contribution in [1.29, 1.82) is 0 Å². The third-order valence-electron chi connectivity index (χ3n) is 3.41. The van der Waals surface area contributed by atoms with Gasteiger partial charge in [-0.1, -0.05) is 18.2 Å². The van der Waals surface area contributed by atoms with Crippen molar-refractivity contribution >= 4 is 22.3 Å². The highest BCUT2D eigenvalue weighted by molar-refractivity contribution is 7.10. The lowest BCUT2D eigenvalue weighted by Crippen LogP contribution is -2.18. The van der Waals surface area contributed by atoms with E-state index in [1.54, 1.807) is 17.6 Å². The molecule has 1 aromatic carbocycles. The maximum absolute atomic E-state index is 6.27.